The summed E-state index contributed by atoms with van der Waals surface area (Å²) in [6, 6.07) is 1.53. The summed E-state index contributed by atoms with van der Waals surface area (Å²) in [5.74, 6) is 6.02. The van der Waals surface area contributed by atoms with Gasteiger partial charge in [0.15, 0.2) is 5.69 Å². The molecular formula is C26H26ClN7O3. The van der Waals surface area contributed by atoms with Crippen molar-refractivity contribution in [3.8, 4) is 11.8 Å². The summed E-state index contributed by atoms with van der Waals surface area (Å²) in [6.45, 7) is 3.89. The van der Waals surface area contributed by atoms with Gasteiger partial charge in [-0.3, -0.25) is 9.59 Å². The summed E-state index contributed by atoms with van der Waals surface area (Å²) in [5, 5.41) is 8.11. The van der Waals surface area contributed by atoms with Crippen LogP contribution in [0.1, 0.15) is 58.5 Å². The number of carbonyl (C=O) groups is 2. The number of aromatic nitrogens is 4. The summed E-state index contributed by atoms with van der Waals surface area (Å²) in [7, 11) is 3.19. The Morgan fingerprint density at radius 3 is 2.78 bits per heavy atom. The highest BCUT2D eigenvalue weighted by Gasteiger charge is 2.35. The first-order chi connectivity index (χ1) is 17.9. The van der Waals surface area contributed by atoms with E-state index in [-0.39, 0.29) is 23.2 Å². The molecule has 0 aromatic carbocycles. The summed E-state index contributed by atoms with van der Waals surface area (Å²) < 4.78 is 8.79. The lowest BCUT2D eigenvalue weighted by Gasteiger charge is -2.16. The monoisotopic (exact) mass is 519 g/mol. The molecule has 1 aliphatic carbocycles. The molecule has 10 nitrogen and oxygen atoms in total. The second kappa shape index (κ2) is 9.67. The van der Waals surface area contributed by atoms with Crippen molar-refractivity contribution < 1.29 is 14.3 Å². The van der Waals surface area contributed by atoms with Gasteiger partial charge in [-0.2, -0.15) is 5.10 Å². The fourth-order valence-corrected chi connectivity index (χ4v) is 4.88. The van der Waals surface area contributed by atoms with Crippen LogP contribution in [-0.4, -0.2) is 56.6 Å². The standard InChI is InChI=1S/C26H26ClN7O3/c1-4-23(35)32-12-17(10-18(32)14-37-3)34-26(29-2)24(25(28)36)20(31-34)8-7-16-9-22-30-11-21(15-5-6-15)33(22)13-19(16)27/h4,9,11,13-15,17,29H,1,5-6,10,12H2,2-3H3,(H2,28,36)/b18-14+/t17-/m0/s1. The van der Waals surface area contributed by atoms with Crippen molar-refractivity contribution in [2.45, 2.75) is 31.2 Å². The van der Waals surface area contributed by atoms with Crippen molar-refractivity contribution in [1.29, 1.82) is 0 Å². The van der Waals surface area contributed by atoms with E-state index in [1.807, 2.05) is 22.9 Å². The zero-order valence-corrected chi connectivity index (χ0v) is 21.2. The maximum atomic E-state index is 12.5. The zero-order valence-electron chi connectivity index (χ0n) is 20.5. The number of amides is 2. The van der Waals surface area contributed by atoms with Crippen LogP contribution in [0.4, 0.5) is 5.82 Å². The number of nitrogens with two attached hydrogens (primary N) is 1. The number of likely N-dealkylation sites (tertiary alicyclic amines) is 1. The molecule has 4 heterocycles. The van der Waals surface area contributed by atoms with Crippen LogP contribution in [0.3, 0.4) is 0 Å². The summed E-state index contributed by atoms with van der Waals surface area (Å²) in [5.41, 5.74) is 9.24. The Hall–Kier alpha value is -4.23. The average molecular weight is 520 g/mol. The van der Waals surface area contributed by atoms with Crippen LogP contribution in [0, 0.1) is 11.8 Å². The summed E-state index contributed by atoms with van der Waals surface area (Å²) in [6.07, 6.45) is 9.21. The number of methoxy groups -OCH3 is 1. The number of rotatable bonds is 6. The number of anilines is 1. The molecule has 5 rings (SSSR count). The summed E-state index contributed by atoms with van der Waals surface area (Å²) in [4.78, 5) is 30.9. The van der Waals surface area contributed by atoms with Crippen molar-refractivity contribution in [1.82, 2.24) is 24.1 Å². The number of primary amides is 1. The van der Waals surface area contributed by atoms with Crippen LogP contribution in [0.25, 0.3) is 5.65 Å². The van der Waals surface area contributed by atoms with Crippen LogP contribution in [0.2, 0.25) is 5.02 Å². The first-order valence-electron chi connectivity index (χ1n) is 11.8. The number of halogens is 1. The molecule has 1 atom stereocenters. The Kier molecular flexibility index (Phi) is 6.39. The van der Waals surface area contributed by atoms with E-state index in [1.54, 1.807) is 16.6 Å². The van der Waals surface area contributed by atoms with Gasteiger partial charge >= 0.3 is 0 Å². The van der Waals surface area contributed by atoms with E-state index in [1.165, 1.54) is 19.4 Å². The molecule has 1 saturated heterocycles. The number of fused-ring (bicyclic) bond motifs is 1. The number of imidazole rings is 1. The Labute approximate surface area is 218 Å². The van der Waals surface area contributed by atoms with Crippen molar-refractivity contribution in [2.75, 3.05) is 26.0 Å². The largest absolute Gasteiger partial charge is 0.503 e. The Morgan fingerprint density at radius 1 is 1.35 bits per heavy atom. The lowest BCUT2D eigenvalue weighted by atomic mass is 10.2. The Bertz CT molecular complexity index is 1520. The van der Waals surface area contributed by atoms with E-state index in [9.17, 15) is 9.59 Å². The summed E-state index contributed by atoms with van der Waals surface area (Å²) >= 11 is 6.55. The predicted molar refractivity (Wildman–Crippen MR) is 139 cm³/mol. The van der Waals surface area contributed by atoms with Crippen LogP contribution < -0.4 is 11.1 Å². The number of nitrogens with zero attached hydrogens (tertiary/aromatic N) is 5. The lowest BCUT2D eigenvalue weighted by molar-refractivity contribution is -0.123. The van der Waals surface area contributed by atoms with E-state index in [4.69, 9.17) is 22.1 Å². The molecular weight excluding hydrogens is 494 g/mol. The van der Waals surface area contributed by atoms with Gasteiger partial charge in [-0.25, -0.2) is 9.67 Å². The molecule has 0 unspecified atom stereocenters. The highest BCUT2D eigenvalue weighted by molar-refractivity contribution is 6.31. The maximum Gasteiger partial charge on any atom is 0.255 e. The molecule has 2 amide bonds. The van der Waals surface area contributed by atoms with E-state index in [0.717, 1.165) is 24.2 Å². The van der Waals surface area contributed by atoms with E-state index >= 15 is 0 Å². The quantitative estimate of drug-likeness (QED) is 0.293. The number of hydrogen-bond acceptors (Lipinski definition) is 6. The maximum absolute atomic E-state index is 12.5. The minimum Gasteiger partial charge on any atom is -0.503 e. The van der Waals surface area contributed by atoms with Gasteiger partial charge in [-0.15, -0.1) is 0 Å². The third-order valence-electron chi connectivity index (χ3n) is 6.56. The van der Waals surface area contributed by atoms with E-state index in [0.29, 0.717) is 41.0 Å². The molecule has 37 heavy (non-hydrogen) atoms. The molecule has 11 heteroatoms. The van der Waals surface area contributed by atoms with Gasteiger partial charge in [0.2, 0.25) is 5.91 Å². The van der Waals surface area contributed by atoms with Crippen molar-refractivity contribution in [3.63, 3.8) is 0 Å². The molecule has 3 N–H and O–H groups in total. The second-order valence-corrected chi connectivity index (χ2v) is 9.36. The number of allylic oxidation sites excluding steroid dienone is 1. The highest BCUT2D eigenvalue weighted by atomic mass is 35.5. The SMILES string of the molecule is C=CC(=O)N1C[C@@H](n2nc(C#Cc3cc4ncc(C5CC5)n4cc3Cl)c(C(N)=O)c2NC)C/C1=C\OC. The van der Waals surface area contributed by atoms with Crippen LogP contribution in [0.15, 0.2) is 43.1 Å². The Morgan fingerprint density at radius 2 is 2.14 bits per heavy atom. The lowest BCUT2D eigenvalue weighted by Crippen LogP contribution is -2.27. The minimum atomic E-state index is -0.673. The fourth-order valence-electron chi connectivity index (χ4n) is 4.68. The number of nitrogens with one attached hydrogen (secondary N) is 1. The molecule has 0 bridgehead atoms. The van der Waals surface area contributed by atoms with E-state index < -0.39 is 5.91 Å². The molecule has 1 aliphatic heterocycles. The molecule has 3 aromatic heterocycles. The van der Waals surface area contributed by atoms with Crippen LogP contribution >= 0.6 is 11.6 Å². The van der Waals surface area contributed by atoms with Gasteiger partial charge < -0.3 is 25.1 Å². The van der Waals surface area contributed by atoms with Gasteiger partial charge in [-0.1, -0.05) is 24.1 Å². The van der Waals surface area contributed by atoms with Crippen molar-refractivity contribution >= 4 is 34.9 Å². The number of carbonyl (C=O) groups excluding carboxylic acids is 2. The smallest absolute Gasteiger partial charge is 0.255 e. The molecule has 2 fully saturated rings. The normalized spacial score (nSPS) is 18.1. The van der Waals surface area contributed by atoms with Gasteiger partial charge in [-0.05, 0) is 30.9 Å². The topological polar surface area (TPSA) is 120 Å². The second-order valence-electron chi connectivity index (χ2n) is 8.96. The van der Waals surface area contributed by atoms with Gasteiger partial charge in [0, 0.05) is 49.6 Å². The third-order valence-corrected chi connectivity index (χ3v) is 6.86. The predicted octanol–water partition coefficient (Wildman–Crippen LogP) is 3.05. The number of hydrogen-bond donors (Lipinski definition) is 2. The van der Waals surface area contributed by atoms with Crippen molar-refractivity contribution in [3.05, 3.63) is 70.6 Å². The fraction of sp³-hybridized carbons (Fsp3) is 0.308. The van der Waals surface area contributed by atoms with Crippen molar-refractivity contribution in [2.24, 2.45) is 5.73 Å². The molecule has 1 saturated carbocycles. The molecule has 3 aromatic rings. The third kappa shape index (κ3) is 4.42. The number of ether oxygens (including phenoxy) is 1. The highest BCUT2D eigenvalue weighted by Crippen LogP contribution is 2.40. The molecule has 0 spiro atoms. The van der Waals surface area contributed by atoms with Crippen LogP contribution in [0.5, 0.6) is 0 Å². The molecule has 190 valence electrons. The Balaban J connectivity index is 1.53. The van der Waals surface area contributed by atoms with E-state index in [2.05, 4.69) is 33.8 Å². The first-order valence-corrected chi connectivity index (χ1v) is 12.2. The first kappa shape index (κ1) is 24.5. The number of pyridine rings is 1. The van der Waals surface area contributed by atoms with Gasteiger partial charge in [0.05, 0.1) is 23.9 Å². The molecule has 2 aliphatic rings. The van der Waals surface area contributed by atoms with Crippen LogP contribution in [-0.2, 0) is 9.53 Å². The average Bonchev–Trinajstić information content (AvgIpc) is 3.33. The zero-order chi connectivity index (χ0) is 26.3. The minimum absolute atomic E-state index is 0.162. The van der Waals surface area contributed by atoms with Gasteiger partial charge in [0.25, 0.3) is 5.91 Å². The molecule has 0 radical (unpaired) electrons. The van der Waals surface area contributed by atoms with Gasteiger partial charge in [0.1, 0.15) is 23.3 Å².